The third-order valence-electron chi connectivity index (χ3n) is 4.59. The van der Waals surface area contributed by atoms with Crippen LogP contribution in [0, 0.1) is 56.7 Å². The van der Waals surface area contributed by atoms with Crippen molar-refractivity contribution in [2.24, 2.45) is 11.3 Å². The normalized spacial score (nSPS) is 21.0. The van der Waals surface area contributed by atoms with Crippen molar-refractivity contribution in [1.82, 2.24) is 4.90 Å². The van der Waals surface area contributed by atoms with Gasteiger partial charge in [0.15, 0.2) is 0 Å². The van der Waals surface area contributed by atoms with E-state index in [1.54, 1.807) is 0 Å². The highest BCUT2D eigenvalue weighted by molar-refractivity contribution is 5.57. The number of rotatable bonds is 1. The summed E-state index contributed by atoms with van der Waals surface area (Å²) in [4.78, 5) is 2.17. The zero-order valence-electron chi connectivity index (χ0n) is 13.6. The molecule has 5 nitrogen and oxygen atoms in total. The molecule has 0 N–H and O–H groups in total. The molecule has 1 aliphatic heterocycles. The lowest BCUT2D eigenvalue weighted by Crippen LogP contribution is -2.37. The van der Waals surface area contributed by atoms with E-state index in [-0.39, 0.29) is 16.9 Å². The molecular formula is C18H19N5. The van der Waals surface area contributed by atoms with Gasteiger partial charge in [-0.25, -0.2) is 0 Å². The van der Waals surface area contributed by atoms with Gasteiger partial charge in [0.05, 0.1) is 11.6 Å². The summed E-state index contributed by atoms with van der Waals surface area (Å²) in [6.45, 7) is 5.68. The summed E-state index contributed by atoms with van der Waals surface area (Å²) in [6, 6.07) is 8.41. The van der Waals surface area contributed by atoms with E-state index in [0.29, 0.717) is 17.6 Å². The molecule has 0 amide bonds. The van der Waals surface area contributed by atoms with Crippen molar-refractivity contribution in [3.8, 4) is 24.3 Å². The van der Waals surface area contributed by atoms with Crippen molar-refractivity contribution in [2.75, 3.05) is 13.1 Å². The number of piperidine rings is 1. The molecule has 0 unspecified atom stereocenters. The van der Waals surface area contributed by atoms with E-state index >= 15 is 0 Å². The summed E-state index contributed by atoms with van der Waals surface area (Å²) >= 11 is 0. The van der Waals surface area contributed by atoms with E-state index in [1.165, 1.54) is 0 Å². The van der Waals surface area contributed by atoms with Gasteiger partial charge in [0, 0.05) is 30.3 Å². The van der Waals surface area contributed by atoms with Gasteiger partial charge in [0.25, 0.3) is 0 Å². The molecular weight excluding hydrogens is 286 g/mol. The zero-order chi connectivity index (χ0) is 17.0. The molecule has 0 aromatic rings. The average Bonchev–Trinajstić information content (AvgIpc) is 2.55. The van der Waals surface area contributed by atoms with E-state index in [2.05, 4.69) is 30.9 Å². The van der Waals surface area contributed by atoms with Crippen LogP contribution in [0.1, 0.15) is 39.5 Å². The maximum atomic E-state index is 9.63. The molecule has 0 radical (unpaired) electrons. The van der Waals surface area contributed by atoms with Crippen LogP contribution in [-0.4, -0.2) is 18.0 Å². The molecule has 2 aliphatic rings. The molecule has 1 aliphatic carbocycles. The van der Waals surface area contributed by atoms with Crippen LogP contribution in [0.5, 0.6) is 0 Å². The Morgan fingerprint density at radius 3 is 2.13 bits per heavy atom. The van der Waals surface area contributed by atoms with Gasteiger partial charge in [0.1, 0.15) is 23.8 Å². The Hall–Kier alpha value is -2.76. The van der Waals surface area contributed by atoms with E-state index in [4.69, 9.17) is 5.26 Å². The monoisotopic (exact) mass is 305 g/mol. The molecule has 1 heterocycles. The average molecular weight is 305 g/mol. The van der Waals surface area contributed by atoms with Gasteiger partial charge in [0.2, 0.25) is 0 Å². The molecule has 1 saturated heterocycles. The van der Waals surface area contributed by atoms with Gasteiger partial charge < -0.3 is 4.90 Å². The quantitative estimate of drug-likeness (QED) is 0.693. The van der Waals surface area contributed by atoms with E-state index in [0.717, 1.165) is 38.0 Å². The van der Waals surface area contributed by atoms with Gasteiger partial charge >= 0.3 is 0 Å². The third kappa shape index (κ3) is 3.36. The van der Waals surface area contributed by atoms with Gasteiger partial charge in [-0.15, -0.1) is 0 Å². The Balaban J connectivity index is 2.49. The molecule has 0 aromatic carbocycles. The van der Waals surface area contributed by atoms with Crippen molar-refractivity contribution in [2.45, 2.75) is 39.5 Å². The molecule has 0 saturated carbocycles. The number of nitriles is 4. The second kappa shape index (κ2) is 6.56. The Labute approximate surface area is 137 Å². The first-order valence-corrected chi connectivity index (χ1v) is 7.77. The fraction of sp³-hybridized carbons (Fsp3) is 0.556. The summed E-state index contributed by atoms with van der Waals surface area (Å²) in [5.74, 6) is 0.0813. The van der Waals surface area contributed by atoms with Crippen molar-refractivity contribution in [1.29, 1.82) is 21.0 Å². The zero-order valence-corrected chi connectivity index (χ0v) is 13.6. The highest BCUT2D eigenvalue weighted by atomic mass is 15.1. The molecule has 0 atom stereocenters. The van der Waals surface area contributed by atoms with E-state index in [1.807, 2.05) is 12.1 Å². The predicted molar refractivity (Wildman–Crippen MR) is 83.8 cm³/mol. The minimum atomic E-state index is -0.101. The fourth-order valence-electron chi connectivity index (χ4n) is 3.40. The number of hydrogen-bond donors (Lipinski definition) is 0. The van der Waals surface area contributed by atoms with Gasteiger partial charge in [-0.1, -0.05) is 13.8 Å². The second-order valence-corrected chi connectivity index (χ2v) is 6.92. The molecule has 23 heavy (non-hydrogen) atoms. The molecule has 5 heteroatoms. The maximum Gasteiger partial charge on any atom is 0.134 e. The Morgan fingerprint density at radius 2 is 1.65 bits per heavy atom. The molecule has 0 spiro atoms. The van der Waals surface area contributed by atoms with E-state index in [9.17, 15) is 15.8 Å². The van der Waals surface area contributed by atoms with Crippen LogP contribution in [0.25, 0.3) is 0 Å². The smallest absolute Gasteiger partial charge is 0.134 e. The van der Waals surface area contributed by atoms with Crippen molar-refractivity contribution in [3.05, 3.63) is 22.4 Å². The Bertz CT molecular complexity index is 703. The van der Waals surface area contributed by atoms with Gasteiger partial charge in [-0.05, 0) is 31.1 Å². The minimum Gasteiger partial charge on any atom is -0.374 e. The summed E-state index contributed by atoms with van der Waals surface area (Å²) in [7, 11) is 0. The Morgan fingerprint density at radius 1 is 1.04 bits per heavy atom. The van der Waals surface area contributed by atoms with Gasteiger partial charge in [-0.2, -0.15) is 21.0 Å². The van der Waals surface area contributed by atoms with Crippen LogP contribution in [0.15, 0.2) is 22.4 Å². The summed E-state index contributed by atoms with van der Waals surface area (Å²) in [5.41, 5.74) is 1.93. The van der Waals surface area contributed by atoms with Crippen LogP contribution in [0.2, 0.25) is 0 Å². The molecule has 0 aromatic heterocycles. The highest BCUT2D eigenvalue weighted by Crippen LogP contribution is 2.44. The Kier molecular flexibility index (Phi) is 4.74. The maximum absolute atomic E-state index is 9.63. The van der Waals surface area contributed by atoms with Crippen LogP contribution in [-0.2, 0) is 0 Å². The first-order chi connectivity index (χ1) is 11.0. The fourth-order valence-corrected chi connectivity index (χ4v) is 3.40. The molecule has 0 bridgehead atoms. The standard InChI is InChI=1S/C18H19N5/c1-18(2)7-15(14(10-20)11-21)16(12-22)17(8-18)23-5-3-13(9-19)4-6-23/h13H,3-8H2,1-2H3. The largest absolute Gasteiger partial charge is 0.374 e. The molecule has 116 valence electrons. The van der Waals surface area contributed by atoms with Crippen LogP contribution in [0.4, 0.5) is 0 Å². The van der Waals surface area contributed by atoms with Crippen molar-refractivity contribution < 1.29 is 0 Å². The lowest BCUT2D eigenvalue weighted by molar-refractivity contribution is 0.214. The topological polar surface area (TPSA) is 98.4 Å². The molecule has 2 rings (SSSR count). The lowest BCUT2D eigenvalue weighted by atomic mass is 9.72. The van der Waals surface area contributed by atoms with Crippen LogP contribution >= 0.6 is 0 Å². The minimum absolute atomic E-state index is 0.0405. The molecule has 1 fully saturated rings. The summed E-state index contributed by atoms with van der Waals surface area (Å²) in [6.07, 6.45) is 2.90. The first kappa shape index (κ1) is 16.6. The summed E-state index contributed by atoms with van der Waals surface area (Å²) < 4.78 is 0. The third-order valence-corrected chi connectivity index (χ3v) is 4.59. The summed E-state index contributed by atoms with van der Waals surface area (Å²) in [5, 5.41) is 37.1. The SMILES string of the molecule is CC1(C)CC(=C(C#N)C#N)C(C#N)=C(N2CCC(C#N)CC2)C1. The van der Waals surface area contributed by atoms with E-state index < -0.39 is 0 Å². The number of allylic oxidation sites excluding steroid dienone is 4. The highest BCUT2D eigenvalue weighted by Gasteiger charge is 2.35. The number of likely N-dealkylation sites (tertiary alicyclic amines) is 1. The second-order valence-electron chi connectivity index (χ2n) is 6.92. The number of nitrogens with zero attached hydrogens (tertiary/aromatic N) is 5. The van der Waals surface area contributed by atoms with Crippen molar-refractivity contribution >= 4 is 0 Å². The van der Waals surface area contributed by atoms with Gasteiger partial charge in [-0.3, -0.25) is 0 Å². The number of hydrogen-bond acceptors (Lipinski definition) is 5. The van der Waals surface area contributed by atoms with Crippen LogP contribution < -0.4 is 0 Å². The lowest BCUT2D eigenvalue weighted by Gasteiger charge is -2.40. The van der Waals surface area contributed by atoms with Crippen molar-refractivity contribution in [3.63, 3.8) is 0 Å². The first-order valence-electron chi connectivity index (χ1n) is 7.77. The van der Waals surface area contributed by atoms with Crippen LogP contribution in [0.3, 0.4) is 0 Å². The predicted octanol–water partition coefficient (Wildman–Crippen LogP) is 3.16.